The number of nitro groups is 1. The lowest BCUT2D eigenvalue weighted by Crippen LogP contribution is -2.31. The molecule has 1 aromatic rings. The third-order valence-corrected chi connectivity index (χ3v) is 2.63. The van der Waals surface area contributed by atoms with E-state index in [1.807, 2.05) is 25.9 Å². The molecule has 1 aromatic heterocycles. The van der Waals surface area contributed by atoms with Crippen molar-refractivity contribution in [2.24, 2.45) is 5.84 Å². The van der Waals surface area contributed by atoms with Crippen LogP contribution in [0.1, 0.15) is 6.92 Å². The van der Waals surface area contributed by atoms with Crippen molar-refractivity contribution < 1.29 is 4.92 Å². The van der Waals surface area contributed by atoms with Crippen molar-refractivity contribution in [3.63, 3.8) is 0 Å². The van der Waals surface area contributed by atoms with Crippen molar-refractivity contribution >= 4 is 17.3 Å². The van der Waals surface area contributed by atoms with Gasteiger partial charge >= 0.3 is 0 Å². The number of rotatable bonds is 6. The van der Waals surface area contributed by atoms with Gasteiger partial charge in [0.15, 0.2) is 0 Å². The highest BCUT2D eigenvalue weighted by Gasteiger charge is 2.11. The van der Waals surface area contributed by atoms with Crippen LogP contribution in [0.4, 0.5) is 17.3 Å². The van der Waals surface area contributed by atoms with Gasteiger partial charge in [-0.05, 0) is 21.0 Å². The van der Waals surface area contributed by atoms with Gasteiger partial charge in [-0.1, -0.05) is 0 Å². The third-order valence-electron chi connectivity index (χ3n) is 2.63. The topological polar surface area (TPSA) is 109 Å². The molecule has 0 fully saturated rings. The van der Waals surface area contributed by atoms with Crippen LogP contribution < -0.4 is 16.6 Å². The number of nitrogens with two attached hydrogens (primary N) is 1. The highest BCUT2D eigenvalue weighted by molar-refractivity contribution is 5.54. The summed E-state index contributed by atoms with van der Waals surface area (Å²) in [6, 6.07) is 2.93. The van der Waals surface area contributed by atoms with Gasteiger partial charge in [0.1, 0.15) is 11.6 Å². The molecule has 0 saturated heterocycles. The second kappa shape index (κ2) is 6.12. The van der Waals surface area contributed by atoms with Gasteiger partial charge in [0, 0.05) is 12.6 Å². The zero-order valence-corrected chi connectivity index (χ0v) is 10.7. The number of aromatic nitrogens is 1. The van der Waals surface area contributed by atoms with Gasteiger partial charge in [-0.15, -0.1) is 0 Å². The Balaban J connectivity index is 2.81. The molecule has 0 aromatic carbocycles. The zero-order valence-electron chi connectivity index (χ0n) is 10.7. The Bertz CT molecular complexity index is 423. The van der Waals surface area contributed by atoms with Crippen LogP contribution in [0.5, 0.6) is 0 Å². The lowest BCUT2D eigenvalue weighted by molar-refractivity contribution is -0.384. The first kappa shape index (κ1) is 14.1. The van der Waals surface area contributed by atoms with E-state index in [-0.39, 0.29) is 17.5 Å². The maximum Gasteiger partial charge on any atom is 0.276 e. The second-order valence-corrected chi connectivity index (χ2v) is 4.19. The molecule has 1 rings (SSSR count). The van der Waals surface area contributed by atoms with Crippen LogP contribution in [0, 0.1) is 10.1 Å². The van der Waals surface area contributed by atoms with Crippen LogP contribution in [0.3, 0.4) is 0 Å². The Kier molecular flexibility index (Phi) is 4.81. The third kappa shape index (κ3) is 3.82. The molecule has 0 radical (unpaired) electrons. The van der Waals surface area contributed by atoms with Crippen LogP contribution in [-0.2, 0) is 0 Å². The minimum atomic E-state index is -0.483. The van der Waals surface area contributed by atoms with Gasteiger partial charge in [0.25, 0.3) is 5.69 Å². The molecular weight excluding hydrogens is 236 g/mol. The molecule has 8 heteroatoms. The maximum absolute atomic E-state index is 10.7. The number of nitrogen functional groups attached to an aromatic ring is 1. The van der Waals surface area contributed by atoms with E-state index >= 15 is 0 Å². The van der Waals surface area contributed by atoms with E-state index in [0.29, 0.717) is 12.4 Å². The van der Waals surface area contributed by atoms with E-state index in [1.165, 1.54) is 12.1 Å². The molecule has 0 aliphatic carbocycles. The summed E-state index contributed by atoms with van der Waals surface area (Å²) in [5.74, 6) is 5.90. The first-order valence-electron chi connectivity index (χ1n) is 5.47. The highest BCUT2D eigenvalue weighted by atomic mass is 16.6. The molecule has 18 heavy (non-hydrogen) atoms. The van der Waals surface area contributed by atoms with Crippen LogP contribution in [0.2, 0.25) is 0 Å². The summed E-state index contributed by atoms with van der Waals surface area (Å²) in [5.41, 5.74) is 2.25. The van der Waals surface area contributed by atoms with Crippen molar-refractivity contribution in [3.05, 3.63) is 22.2 Å². The summed E-state index contributed by atoms with van der Waals surface area (Å²) in [6.07, 6.45) is 0. The molecule has 1 unspecified atom stereocenters. The molecule has 8 nitrogen and oxygen atoms in total. The monoisotopic (exact) mass is 254 g/mol. The van der Waals surface area contributed by atoms with Crippen molar-refractivity contribution in [3.8, 4) is 0 Å². The molecule has 0 aliphatic heterocycles. The van der Waals surface area contributed by atoms with E-state index in [1.54, 1.807) is 0 Å². The number of likely N-dealkylation sites (N-methyl/N-ethyl adjacent to an activating group) is 1. The first-order valence-corrected chi connectivity index (χ1v) is 5.47. The predicted octanol–water partition coefficient (Wildman–Crippen LogP) is 0.637. The normalized spacial score (nSPS) is 12.3. The molecule has 0 saturated carbocycles. The molecule has 0 amide bonds. The van der Waals surface area contributed by atoms with Crippen molar-refractivity contribution in [2.45, 2.75) is 13.0 Å². The van der Waals surface area contributed by atoms with E-state index < -0.39 is 4.92 Å². The van der Waals surface area contributed by atoms with E-state index in [0.717, 1.165) is 0 Å². The number of hydrogen-bond acceptors (Lipinski definition) is 7. The summed E-state index contributed by atoms with van der Waals surface area (Å²) in [7, 11) is 3.92. The summed E-state index contributed by atoms with van der Waals surface area (Å²) in [5, 5.41) is 13.8. The molecule has 100 valence electrons. The largest absolute Gasteiger partial charge is 0.368 e. The lowest BCUT2D eigenvalue weighted by atomic mass is 10.3. The summed E-state index contributed by atoms with van der Waals surface area (Å²) in [4.78, 5) is 16.4. The summed E-state index contributed by atoms with van der Waals surface area (Å²) < 4.78 is 0. The average molecular weight is 254 g/mol. The molecule has 1 heterocycles. The highest BCUT2D eigenvalue weighted by Crippen LogP contribution is 2.19. The number of nitrogens with one attached hydrogen (secondary N) is 2. The minimum absolute atomic E-state index is 0.0574. The molecule has 0 bridgehead atoms. The molecule has 4 N–H and O–H groups in total. The van der Waals surface area contributed by atoms with Gasteiger partial charge in [0.2, 0.25) is 0 Å². The average Bonchev–Trinajstić information content (AvgIpc) is 2.35. The first-order chi connectivity index (χ1) is 8.43. The van der Waals surface area contributed by atoms with Crippen LogP contribution >= 0.6 is 0 Å². The van der Waals surface area contributed by atoms with E-state index in [4.69, 9.17) is 5.84 Å². The van der Waals surface area contributed by atoms with Crippen molar-refractivity contribution in [1.29, 1.82) is 0 Å². The minimum Gasteiger partial charge on any atom is -0.368 e. The molecule has 1 atom stereocenters. The van der Waals surface area contributed by atoms with Crippen molar-refractivity contribution in [1.82, 2.24) is 9.88 Å². The summed E-state index contributed by atoms with van der Waals surface area (Å²) >= 11 is 0. The molecule has 0 spiro atoms. The Morgan fingerprint density at radius 2 is 2.11 bits per heavy atom. The SMILES string of the molecule is CC(CNc1cc([N+](=O)[O-])cc(NN)n1)N(C)C. The standard InChI is InChI=1S/C10H18N6O2/c1-7(15(2)3)6-12-9-4-8(16(17)18)5-10(13-9)14-11/h4-5,7H,6,11H2,1-3H3,(H2,12,13,14). The fourth-order valence-corrected chi connectivity index (χ4v) is 1.22. The fraction of sp³-hybridized carbons (Fsp3) is 0.500. The Morgan fingerprint density at radius 3 is 2.61 bits per heavy atom. The quantitative estimate of drug-likeness (QED) is 0.388. The van der Waals surface area contributed by atoms with E-state index in [2.05, 4.69) is 15.7 Å². The number of hydrogen-bond donors (Lipinski definition) is 3. The fourth-order valence-electron chi connectivity index (χ4n) is 1.22. The van der Waals surface area contributed by atoms with Crippen LogP contribution in [0.15, 0.2) is 12.1 Å². The number of hydrazine groups is 1. The Hall–Kier alpha value is -1.93. The predicted molar refractivity (Wildman–Crippen MR) is 70.3 cm³/mol. The maximum atomic E-state index is 10.7. The molecular formula is C10H18N6O2. The van der Waals surface area contributed by atoms with Crippen molar-refractivity contribution in [2.75, 3.05) is 31.4 Å². The molecule has 0 aliphatic rings. The number of anilines is 2. The smallest absolute Gasteiger partial charge is 0.276 e. The van der Waals surface area contributed by atoms with E-state index in [9.17, 15) is 10.1 Å². The van der Waals surface area contributed by atoms with Gasteiger partial charge in [-0.2, -0.15) is 0 Å². The van der Waals surface area contributed by atoms with Gasteiger partial charge in [-0.25, -0.2) is 10.8 Å². The van der Waals surface area contributed by atoms with Gasteiger partial charge < -0.3 is 15.6 Å². The van der Waals surface area contributed by atoms with Crippen LogP contribution in [0.25, 0.3) is 0 Å². The number of pyridine rings is 1. The Morgan fingerprint density at radius 1 is 1.50 bits per heavy atom. The zero-order chi connectivity index (χ0) is 13.7. The number of nitrogens with zero attached hydrogens (tertiary/aromatic N) is 3. The van der Waals surface area contributed by atoms with Gasteiger partial charge in [-0.3, -0.25) is 10.1 Å². The second-order valence-electron chi connectivity index (χ2n) is 4.19. The Labute approximate surface area is 105 Å². The summed E-state index contributed by atoms with van der Waals surface area (Å²) in [6.45, 7) is 2.66. The van der Waals surface area contributed by atoms with Crippen LogP contribution in [-0.4, -0.2) is 41.5 Å². The lowest BCUT2D eigenvalue weighted by Gasteiger charge is -2.20. The van der Waals surface area contributed by atoms with Gasteiger partial charge in [0.05, 0.1) is 17.1 Å².